The van der Waals surface area contributed by atoms with Crippen LogP contribution >= 0.6 is 0 Å². The maximum absolute atomic E-state index is 11.9. The van der Waals surface area contributed by atoms with E-state index in [2.05, 4.69) is 31.3 Å². The van der Waals surface area contributed by atoms with Crippen LogP contribution in [0.1, 0.15) is 28.7 Å². The monoisotopic (exact) mass is 297 g/mol. The van der Waals surface area contributed by atoms with Gasteiger partial charge < -0.3 is 10.6 Å². The molecule has 0 bridgehead atoms. The molecule has 3 N–H and O–H groups in total. The Balaban J connectivity index is 2.24. The number of anilines is 1. The highest BCUT2D eigenvalue weighted by Gasteiger charge is 2.08. The van der Waals surface area contributed by atoms with Crippen LogP contribution in [-0.4, -0.2) is 33.1 Å². The van der Waals surface area contributed by atoms with Crippen molar-refractivity contribution in [3.63, 3.8) is 0 Å². The van der Waals surface area contributed by atoms with Crippen LogP contribution in [0.5, 0.6) is 0 Å². The van der Waals surface area contributed by atoms with Gasteiger partial charge in [0.1, 0.15) is 11.6 Å². The van der Waals surface area contributed by atoms with Gasteiger partial charge in [-0.05, 0) is 36.8 Å². The predicted octanol–water partition coefficient (Wildman–Crippen LogP) is 1.23. The molecule has 0 radical (unpaired) electrons. The number of hydrogen-bond donors (Lipinski definition) is 3. The summed E-state index contributed by atoms with van der Waals surface area (Å²) in [6.07, 6.45) is 1.48. The molecule has 0 saturated carbocycles. The number of aromatic amines is 1. The second kappa shape index (κ2) is 6.99. The summed E-state index contributed by atoms with van der Waals surface area (Å²) >= 11 is 0. The fourth-order valence-electron chi connectivity index (χ4n) is 1.75. The smallest absolute Gasteiger partial charge is 0.251 e. The number of benzene rings is 1. The Labute approximate surface area is 127 Å². The Bertz CT molecular complexity index is 728. The van der Waals surface area contributed by atoms with Gasteiger partial charge in [0, 0.05) is 24.0 Å². The van der Waals surface area contributed by atoms with Gasteiger partial charge in [-0.25, -0.2) is 0 Å². The molecule has 1 aromatic carbocycles. The van der Waals surface area contributed by atoms with E-state index in [1.807, 2.05) is 26.0 Å². The maximum atomic E-state index is 11.9. The number of amides is 1. The second-order valence-corrected chi connectivity index (χ2v) is 4.44. The van der Waals surface area contributed by atoms with Crippen LogP contribution in [0.4, 0.5) is 5.69 Å². The largest absolute Gasteiger partial charge is 0.360 e. The number of rotatable bonds is 5. The lowest BCUT2D eigenvalue weighted by atomic mass is 10.1. The molecule has 0 saturated heterocycles. The summed E-state index contributed by atoms with van der Waals surface area (Å²) in [6.45, 7) is 4.32. The van der Waals surface area contributed by atoms with Crippen molar-refractivity contribution in [2.45, 2.75) is 13.8 Å². The summed E-state index contributed by atoms with van der Waals surface area (Å²) in [5, 5.41) is 28.1. The van der Waals surface area contributed by atoms with Crippen molar-refractivity contribution in [2.75, 3.05) is 11.9 Å². The summed E-state index contributed by atoms with van der Waals surface area (Å²) in [5.41, 5.74) is 2.44. The van der Waals surface area contributed by atoms with Crippen LogP contribution < -0.4 is 10.6 Å². The van der Waals surface area contributed by atoms with E-state index in [9.17, 15) is 4.79 Å². The van der Waals surface area contributed by atoms with E-state index in [0.717, 1.165) is 11.3 Å². The summed E-state index contributed by atoms with van der Waals surface area (Å²) in [6, 6.07) is 7.29. The van der Waals surface area contributed by atoms with Crippen molar-refractivity contribution < 1.29 is 4.79 Å². The Morgan fingerprint density at radius 1 is 1.50 bits per heavy atom. The molecule has 0 fully saturated rings. The first-order chi connectivity index (χ1) is 10.7. The molecule has 0 spiro atoms. The number of carbonyl (C=O) groups excluding carboxylic acids is 1. The SMILES string of the molecule is CCNC(=O)c1ccc(C)c(NC=C(C#N)c2nn[nH]n2)c1. The normalized spacial score (nSPS) is 10.9. The van der Waals surface area contributed by atoms with E-state index in [0.29, 0.717) is 12.1 Å². The highest BCUT2D eigenvalue weighted by Crippen LogP contribution is 2.18. The van der Waals surface area contributed by atoms with Crippen molar-refractivity contribution in [2.24, 2.45) is 0 Å². The number of tetrazole rings is 1. The molecule has 0 aliphatic carbocycles. The predicted molar refractivity (Wildman–Crippen MR) is 80.6 cm³/mol. The van der Waals surface area contributed by atoms with Crippen molar-refractivity contribution in [1.82, 2.24) is 25.9 Å². The first kappa shape index (κ1) is 15.2. The van der Waals surface area contributed by atoms with Gasteiger partial charge in [-0.1, -0.05) is 6.07 Å². The van der Waals surface area contributed by atoms with Crippen LogP contribution in [0.25, 0.3) is 5.57 Å². The highest BCUT2D eigenvalue weighted by atomic mass is 16.1. The van der Waals surface area contributed by atoms with E-state index in [4.69, 9.17) is 5.26 Å². The Hall–Kier alpha value is -3.21. The first-order valence-corrected chi connectivity index (χ1v) is 6.65. The van der Waals surface area contributed by atoms with Crippen LogP contribution in [-0.2, 0) is 0 Å². The summed E-state index contributed by atoms with van der Waals surface area (Å²) < 4.78 is 0. The fourth-order valence-corrected chi connectivity index (χ4v) is 1.75. The number of allylic oxidation sites excluding steroid dienone is 1. The van der Waals surface area contributed by atoms with Crippen LogP contribution in [0, 0.1) is 18.3 Å². The van der Waals surface area contributed by atoms with Gasteiger partial charge in [-0.3, -0.25) is 4.79 Å². The van der Waals surface area contributed by atoms with Crippen molar-refractivity contribution in [3.05, 3.63) is 41.4 Å². The molecule has 0 aliphatic heterocycles. The molecule has 1 aromatic heterocycles. The lowest BCUT2D eigenvalue weighted by Crippen LogP contribution is -2.22. The lowest BCUT2D eigenvalue weighted by Gasteiger charge is -2.09. The number of nitrogens with zero attached hydrogens (tertiary/aromatic N) is 4. The molecule has 8 heteroatoms. The molecular weight excluding hydrogens is 282 g/mol. The van der Waals surface area contributed by atoms with E-state index in [1.54, 1.807) is 12.1 Å². The standard InChI is InChI=1S/C14H15N7O/c1-3-16-14(22)10-5-4-9(2)12(6-10)17-8-11(7-15)13-18-20-21-19-13/h4-6,8,17H,3H2,1-2H3,(H,16,22)(H,18,19,20,21). The molecule has 1 amide bonds. The zero-order valence-corrected chi connectivity index (χ0v) is 12.2. The van der Waals surface area contributed by atoms with E-state index in [1.165, 1.54) is 6.20 Å². The minimum Gasteiger partial charge on any atom is -0.360 e. The quantitative estimate of drug-likeness (QED) is 0.714. The molecule has 0 atom stereocenters. The summed E-state index contributed by atoms with van der Waals surface area (Å²) in [5.74, 6) is 0.0562. The van der Waals surface area contributed by atoms with E-state index in [-0.39, 0.29) is 17.3 Å². The van der Waals surface area contributed by atoms with Crippen LogP contribution in [0.15, 0.2) is 24.4 Å². The molecular formula is C14H15N7O. The number of carbonyl (C=O) groups is 1. The topological polar surface area (TPSA) is 119 Å². The number of nitrogens with one attached hydrogen (secondary N) is 3. The molecule has 22 heavy (non-hydrogen) atoms. The third-order valence-electron chi connectivity index (χ3n) is 2.92. The maximum Gasteiger partial charge on any atom is 0.251 e. The number of H-pyrrole nitrogens is 1. The van der Waals surface area contributed by atoms with E-state index < -0.39 is 0 Å². The number of hydrogen-bond acceptors (Lipinski definition) is 6. The summed E-state index contributed by atoms with van der Waals surface area (Å²) in [4.78, 5) is 11.9. The van der Waals surface area contributed by atoms with Gasteiger partial charge in [0.25, 0.3) is 5.91 Å². The molecule has 0 unspecified atom stereocenters. The highest BCUT2D eigenvalue weighted by molar-refractivity contribution is 5.95. The van der Waals surface area contributed by atoms with Crippen molar-refractivity contribution >= 4 is 17.2 Å². The third-order valence-corrected chi connectivity index (χ3v) is 2.92. The minimum atomic E-state index is -0.145. The minimum absolute atomic E-state index is 0.145. The van der Waals surface area contributed by atoms with Crippen molar-refractivity contribution in [1.29, 1.82) is 5.26 Å². The number of aromatic nitrogens is 4. The molecule has 2 aromatic rings. The van der Waals surface area contributed by atoms with Gasteiger partial charge in [0.05, 0.1) is 0 Å². The molecule has 2 rings (SSSR count). The van der Waals surface area contributed by atoms with Crippen LogP contribution in [0.3, 0.4) is 0 Å². The van der Waals surface area contributed by atoms with E-state index >= 15 is 0 Å². The number of aryl methyl sites for hydroxylation is 1. The average molecular weight is 297 g/mol. The molecule has 1 heterocycles. The van der Waals surface area contributed by atoms with Crippen molar-refractivity contribution in [3.8, 4) is 6.07 Å². The molecule has 112 valence electrons. The lowest BCUT2D eigenvalue weighted by molar-refractivity contribution is 0.0956. The zero-order chi connectivity index (χ0) is 15.9. The average Bonchev–Trinajstić information content (AvgIpc) is 3.04. The van der Waals surface area contributed by atoms with Gasteiger partial charge in [0.2, 0.25) is 5.82 Å². The number of nitriles is 1. The summed E-state index contributed by atoms with van der Waals surface area (Å²) in [7, 11) is 0. The first-order valence-electron chi connectivity index (χ1n) is 6.65. The van der Waals surface area contributed by atoms with Gasteiger partial charge >= 0.3 is 0 Å². The Morgan fingerprint density at radius 2 is 2.32 bits per heavy atom. The van der Waals surface area contributed by atoms with Crippen LogP contribution in [0.2, 0.25) is 0 Å². The molecule has 0 aliphatic rings. The Kier molecular flexibility index (Phi) is 4.82. The third kappa shape index (κ3) is 3.46. The van der Waals surface area contributed by atoms with Gasteiger partial charge in [0.15, 0.2) is 0 Å². The fraction of sp³-hybridized carbons (Fsp3) is 0.214. The molecule has 8 nitrogen and oxygen atoms in total. The van der Waals surface area contributed by atoms with Gasteiger partial charge in [-0.2, -0.15) is 10.5 Å². The Morgan fingerprint density at radius 3 is 2.95 bits per heavy atom. The second-order valence-electron chi connectivity index (χ2n) is 4.44. The zero-order valence-electron chi connectivity index (χ0n) is 12.2. The van der Waals surface area contributed by atoms with Gasteiger partial charge in [-0.15, -0.1) is 10.2 Å².